The van der Waals surface area contributed by atoms with Crippen LogP contribution in [0.15, 0.2) is 42.5 Å². The number of nitrogens with one attached hydrogen (secondary N) is 1. The second-order valence-corrected chi connectivity index (χ2v) is 5.95. The molecule has 1 aliphatic rings. The van der Waals surface area contributed by atoms with Crippen molar-refractivity contribution in [2.45, 2.75) is 26.7 Å². The number of rotatable bonds is 3. The lowest BCUT2D eigenvalue weighted by Crippen LogP contribution is -2.23. The molecule has 3 rings (SSSR count). The topological polar surface area (TPSA) is 49.4 Å². The molecule has 23 heavy (non-hydrogen) atoms. The molecule has 2 aromatic rings. The lowest BCUT2D eigenvalue weighted by molar-refractivity contribution is -0.117. The van der Waals surface area contributed by atoms with Crippen molar-refractivity contribution >= 4 is 23.2 Å². The van der Waals surface area contributed by atoms with Gasteiger partial charge in [0.25, 0.3) is 5.91 Å². The van der Waals surface area contributed by atoms with E-state index in [1.807, 2.05) is 56.3 Å². The first-order chi connectivity index (χ1) is 11.0. The van der Waals surface area contributed by atoms with Crippen molar-refractivity contribution in [2.75, 3.05) is 16.8 Å². The number of carbonyl (C=O) groups excluding carboxylic acids is 2. The molecule has 1 saturated heterocycles. The molecule has 0 aliphatic carbocycles. The molecule has 2 aromatic carbocycles. The van der Waals surface area contributed by atoms with Gasteiger partial charge in [-0.05, 0) is 61.7 Å². The Bertz CT molecular complexity index is 768. The molecule has 0 bridgehead atoms. The van der Waals surface area contributed by atoms with Crippen LogP contribution in [0, 0.1) is 13.8 Å². The summed E-state index contributed by atoms with van der Waals surface area (Å²) in [5, 5.41) is 2.91. The Morgan fingerprint density at radius 2 is 1.91 bits per heavy atom. The maximum Gasteiger partial charge on any atom is 0.255 e. The summed E-state index contributed by atoms with van der Waals surface area (Å²) >= 11 is 0. The fraction of sp³-hybridized carbons (Fsp3) is 0.263. The summed E-state index contributed by atoms with van der Waals surface area (Å²) in [6.07, 6.45) is 1.48. The second kappa shape index (κ2) is 6.24. The van der Waals surface area contributed by atoms with Gasteiger partial charge in [-0.3, -0.25) is 9.59 Å². The van der Waals surface area contributed by atoms with Gasteiger partial charge in [-0.2, -0.15) is 0 Å². The van der Waals surface area contributed by atoms with E-state index in [1.54, 1.807) is 4.90 Å². The third kappa shape index (κ3) is 3.26. The van der Waals surface area contributed by atoms with Crippen molar-refractivity contribution in [3.05, 3.63) is 59.2 Å². The lowest BCUT2D eigenvalue weighted by Gasteiger charge is -2.17. The summed E-state index contributed by atoms with van der Waals surface area (Å²) in [4.78, 5) is 26.0. The Morgan fingerprint density at radius 1 is 1.09 bits per heavy atom. The normalized spacial score (nSPS) is 14.2. The molecule has 0 saturated carbocycles. The van der Waals surface area contributed by atoms with Crippen LogP contribution in [0.4, 0.5) is 11.4 Å². The van der Waals surface area contributed by atoms with Gasteiger partial charge in [0.15, 0.2) is 0 Å². The van der Waals surface area contributed by atoms with Gasteiger partial charge in [-0.25, -0.2) is 0 Å². The van der Waals surface area contributed by atoms with Crippen LogP contribution in [0.1, 0.15) is 34.3 Å². The van der Waals surface area contributed by atoms with Crippen molar-refractivity contribution in [3.8, 4) is 0 Å². The summed E-state index contributed by atoms with van der Waals surface area (Å²) in [7, 11) is 0. The van der Waals surface area contributed by atoms with Gasteiger partial charge < -0.3 is 10.2 Å². The molecule has 0 spiro atoms. The van der Waals surface area contributed by atoms with Crippen LogP contribution < -0.4 is 10.2 Å². The monoisotopic (exact) mass is 308 g/mol. The molecule has 0 unspecified atom stereocenters. The first-order valence-electron chi connectivity index (χ1n) is 7.83. The van der Waals surface area contributed by atoms with Crippen LogP contribution in [0.2, 0.25) is 0 Å². The van der Waals surface area contributed by atoms with Crippen LogP contribution in [-0.4, -0.2) is 18.4 Å². The predicted octanol–water partition coefficient (Wildman–Crippen LogP) is 3.68. The van der Waals surface area contributed by atoms with E-state index in [1.165, 1.54) is 0 Å². The summed E-state index contributed by atoms with van der Waals surface area (Å²) in [6.45, 7) is 4.76. The fourth-order valence-corrected chi connectivity index (χ4v) is 2.76. The summed E-state index contributed by atoms with van der Waals surface area (Å²) in [6, 6.07) is 13.1. The number of anilines is 2. The van der Waals surface area contributed by atoms with E-state index in [0.717, 1.165) is 29.8 Å². The summed E-state index contributed by atoms with van der Waals surface area (Å²) in [5.41, 5.74) is 4.43. The smallest absolute Gasteiger partial charge is 0.255 e. The Morgan fingerprint density at radius 3 is 2.61 bits per heavy atom. The fourth-order valence-electron chi connectivity index (χ4n) is 2.76. The maximum atomic E-state index is 12.4. The Labute approximate surface area is 136 Å². The van der Waals surface area contributed by atoms with E-state index in [4.69, 9.17) is 0 Å². The van der Waals surface area contributed by atoms with E-state index in [0.29, 0.717) is 17.7 Å². The SMILES string of the molecule is Cc1ccc(C(=O)Nc2cccc(N3CCCC3=O)c2)cc1C. The highest BCUT2D eigenvalue weighted by molar-refractivity contribution is 6.05. The second-order valence-electron chi connectivity index (χ2n) is 5.95. The van der Waals surface area contributed by atoms with Gasteiger partial charge in [0.2, 0.25) is 5.91 Å². The number of carbonyl (C=O) groups is 2. The van der Waals surface area contributed by atoms with E-state index in [2.05, 4.69) is 5.32 Å². The molecule has 0 radical (unpaired) electrons. The Kier molecular flexibility index (Phi) is 4.15. The lowest BCUT2D eigenvalue weighted by atomic mass is 10.1. The van der Waals surface area contributed by atoms with Gasteiger partial charge in [0, 0.05) is 29.9 Å². The third-order valence-corrected chi connectivity index (χ3v) is 4.26. The molecule has 0 atom stereocenters. The molecule has 4 heteroatoms. The number of nitrogens with zero attached hydrogens (tertiary/aromatic N) is 1. The first-order valence-corrected chi connectivity index (χ1v) is 7.83. The van der Waals surface area contributed by atoms with Gasteiger partial charge in [0.05, 0.1) is 0 Å². The van der Waals surface area contributed by atoms with Crippen LogP contribution in [0.25, 0.3) is 0 Å². The van der Waals surface area contributed by atoms with Gasteiger partial charge in [0.1, 0.15) is 0 Å². The molecular formula is C19H20N2O2. The molecule has 4 nitrogen and oxygen atoms in total. The molecule has 0 aromatic heterocycles. The summed E-state index contributed by atoms with van der Waals surface area (Å²) in [5.74, 6) is 0.000587. The van der Waals surface area contributed by atoms with Crippen molar-refractivity contribution in [1.29, 1.82) is 0 Å². The van der Waals surface area contributed by atoms with Gasteiger partial charge >= 0.3 is 0 Å². The van der Waals surface area contributed by atoms with Crippen molar-refractivity contribution < 1.29 is 9.59 Å². The molecule has 118 valence electrons. The quantitative estimate of drug-likeness (QED) is 0.940. The van der Waals surface area contributed by atoms with Crippen LogP contribution in [0.5, 0.6) is 0 Å². The third-order valence-electron chi connectivity index (χ3n) is 4.26. The van der Waals surface area contributed by atoms with Gasteiger partial charge in [-0.15, -0.1) is 0 Å². The average molecular weight is 308 g/mol. The van der Waals surface area contributed by atoms with Gasteiger partial charge in [-0.1, -0.05) is 12.1 Å². The van der Waals surface area contributed by atoms with E-state index in [9.17, 15) is 9.59 Å². The molecular weight excluding hydrogens is 288 g/mol. The predicted molar refractivity (Wildman–Crippen MR) is 91.9 cm³/mol. The molecule has 2 amide bonds. The zero-order valence-corrected chi connectivity index (χ0v) is 13.4. The van der Waals surface area contributed by atoms with E-state index < -0.39 is 0 Å². The standard InChI is InChI=1S/C19H20N2O2/c1-13-8-9-15(11-14(13)2)19(23)20-16-5-3-6-17(12-16)21-10-4-7-18(21)22/h3,5-6,8-9,11-12H,4,7,10H2,1-2H3,(H,20,23). The number of hydrogen-bond acceptors (Lipinski definition) is 2. The van der Waals surface area contributed by atoms with Crippen molar-refractivity contribution in [3.63, 3.8) is 0 Å². The largest absolute Gasteiger partial charge is 0.322 e. The number of amides is 2. The minimum Gasteiger partial charge on any atom is -0.322 e. The van der Waals surface area contributed by atoms with Crippen LogP contribution >= 0.6 is 0 Å². The minimum atomic E-state index is -0.141. The Hall–Kier alpha value is -2.62. The number of benzene rings is 2. The van der Waals surface area contributed by atoms with E-state index >= 15 is 0 Å². The zero-order valence-electron chi connectivity index (χ0n) is 13.4. The molecule has 1 heterocycles. The highest BCUT2D eigenvalue weighted by Gasteiger charge is 2.21. The summed E-state index contributed by atoms with van der Waals surface area (Å²) < 4.78 is 0. The number of hydrogen-bond donors (Lipinski definition) is 1. The highest BCUT2D eigenvalue weighted by atomic mass is 16.2. The first kappa shape index (κ1) is 15.3. The molecule has 1 fully saturated rings. The maximum absolute atomic E-state index is 12.4. The number of aryl methyl sites for hydroxylation is 2. The molecule has 1 N–H and O–H groups in total. The van der Waals surface area contributed by atoms with Crippen molar-refractivity contribution in [2.24, 2.45) is 0 Å². The minimum absolute atomic E-state index is 0.141. The van der Waals surface area contributed by atoms with E-state index in [-0.39, 0.29) is 11.8 Å². The van der Waals surface area contributed by atoms with Crippen LogP contribution in [-0.2, 0) is 4.79 Å². The van der Waals surface area contributed by atoms with Crippen LogP contribution in [0.3, 0.4) is 0 Å². The molecule has 1 aliphatic heterocycles. The van der Waals surface area contributed by atoms with Crippen molar-refractivity contribution in [1.82, 2.24) is 0 Å². The highest BCUT2D eigenvalue weighted by Crippen LogP contribution is 2.24. The zero-order chi connectivity index (χ0) is 16.4. The Balaban J connectivity index is 1.78. The average Bonchev–Trinajstić information content (AvgIpc) is 2.96.